The van der Waals surface area contributed by atoms with Gasteiger partial charge in [0.1, 0.15) is 11.5 Å². The average molecular weight is 208 g/mol. The normalized spacial score (nSPS) is 12.7. The number of para-hydroxylation sites is 1. The smallest absolute Gasteiger partial charge is 0.135 e. The van der Waals surface area contributed by atoms with Crippen LogP contribution in [0.4, 0.5) is 0 Å². The van der Waals surface area contributed by atoms with Crippen molar-refractivity contribution in [3.05, 3.63) is 65.7 Å². The quantitative estimate of drug-likeness (QED) is 0.539. The van der Waals surface area contributed by atoms with Gasteiger partial charge >= 0.3 is 0 Å². The third-order valence-corrected chi connectivity index (χ3v) is 2.97. The maximum Gasteiger partial charge on any atom is 0.135 e. The van der Waals surface area contributed by atoms with Gasteiger partial charge in [-0.15, -0.1) is 0 Å². The summed E-state index contributed by atoms with van der Waals surface area (Å²) in [5.74, 6) is 1.80. The second-order valence-corrected chi connectivity index (χ2v) is 4.02. The molecule has 1 heteroatoms. The first-order chi connectivity index (χ1) is 7.77. The van der Waals surface area contributed by atoms with E-state index in [9.17, 15) is 0 Å². The predicted octanol–water partition coefficient (Wildman–Crippen LogP) is 4.16. The molecule has 3 rings (SSSR count). The van der Waals surface area contributed by atoms with Crippen LogP contribution in [-0.4, -0.2) is 0 Å². The van der Waals surface area contributed by atoms with Crippen LogP contribution in [0.15, 0.2) is 49.0 Å². The van der Waals surface area contributed by atoms with Gasteiger partial charge in [0.2, 0.25) is 0 Å². The van der Waals surface area contributed by atoms with E-state index in [1.165, 1.54) is 5.56 Å². The Kier molecular flexibility index (Phi) is 1.87. The van der Waals surface area contributed by atoms with Gasteiger partial charge in [-0.1, -0.05) is 36.9 Å². The summed E-state index contributed by atoms with van der Waals surface area (Å²) in [6.07, 6.45) is 0. The minimum atomic E-state index is 0.894. The topological polar surface area (TPSA) is 9.23 Å². The molecule has 1 aliphatic heterocycles. The van der Waals surface area contributed by atoms with E-state index in [2.05, 4.69) is 19.6 Å². The van der Waals surface area contributed by atoms with Crippen molar-refractivity contribution in [2.24, 2.45) is 0 Å². The van der Waals surface area contributed by atoms with Crippen molar-refractivity contribution in [2.75, 3.05) is 0 Å². The van der Waals surface area contributed by atoms with Gasteiger partial charge < -0.3 is 4.74 Å². The molecule has 78 valence electrons. The fourth-order valence-electron chi connectivity index (χ4n) is 2.17. The molecule has 0 atom stereocenters. The number of benzene rings is 2. The zero-order valence-electron chi connectivity index (χ0n) is 9.16. The summed E-state index contributed by atoms with van der Waals surface area (Å²) in [6.45, 7) is 6.26. The van der Waals surface area contributed by atoms with Gasteiger partial charge in [0.25, 0.3) is 0 Å². The van der Waals surface area contributed by atoms with Gasteiger partial charge in [0, 0.05) is 11.1 Å². The summed E-state index contributed by atoms with van der Waals surface area (Å²) >= 11 is 0. The van der Waals surface area contributed by atoms with Crippen LogP contribution in [0.1, 0.15) is 16.7 Å². The third kappa shape index (κ3) is 1.18. The van der Waals surface area contributed by atoms with Gasteiger partial charge in [-0.25, -0.2) is 0 Å². The highest BCUT2D eigenvalue weighted by Gasteiger charge is 2.20. The minimum absolute atomic E-state index is 0.894. The van der Waals surface area contributed by atoms with Crippen molar-refractivity contribution in [2.45, 2.75) is 6.92 Å². The van der Waals surface area contributed by atoms with Crippen LogP contribution in [0.3, 0.4) is 0 Å². The number of fused-ring (bicyclic) bond motifs is 2. The molecule has 0 fully saturated rings. The fourth-order valence-corrected chi connectivity index (χ4v) is 2.17. The van der Waals surface area contributed by atoms with Crippen LogP contribution in [0.5, 0.6) is 11.5 Å². The highest BCUT2D eigenvalue weighted by atomic mass is 16.5. The Morgan fingerprint density at radius 1 is 0.938 bits per heavy atom. The zero-order valence-corrected chi connectivity index (χ0v) is 9.16. The summed E-state index contributed by atoms with van der Waals surface area (Å²) in [5, 5.41) is 0. The summed E-state index contributed by atoms with van der Waals surface area (Å²) in [5.41, 5.74) is 4.47. The number of aryl methyl sites for hydroxylation is 1. The van der Waals surface area contributed by atoms with E-state index in [0.29, 0.717) is 0 Å². The van der Waals surface area contributed by atoms with E-state index < -0.39 is 0 Å². The number of ether oxygens (including phenoxy) is 1. The van der Waals surface area contributed by atoms with Crippen LogP contribution in [0, 0.1) is 6.92 Å². The second kappa shape index (κ2) is 3.24. The van der Waals surface area contributed by atoms with E-state index in [0.717, 1.165) is 28.2 Å². The molecule has 1 aliphatic rings. The molecule has 0 aromatic heterocycles. The summed E-state index contributed by atoms with van der Waals surface area (Å²) in [6, 6.07) is 14.1. The average Bonchev–Trinajstić information content (AvgIpc) is 2.29. The first-order valence-corrected chi connectivity index (χ1v) is 5.33. The zero-order chi connectivity index (χ0) is 11.1. The highest BCUT2D eigenvalue weighted by molar-refractivity contribution is 5.87. The van der Waals surface area contributed by atoms with Gasteiger partial charge in [-0.3, -0.25) is 0 Å². The number of hydrogen-bond acceptors (Lipinski definition) is 1. The number of hydrogen-bond donors (Lipinski definition) is 0. The van der Waals surface area contributed by atoms with Crippen LogP contribution in [-0.2, 0) is 0 Å². The minimum Gasteiger partial charge on any atom is -0.456 e. The molecule has 0 amide bonds. The molecular formula is C15H12O. The Labute approximate surface area is 95.0 Å². The highest BCUT2D eigenvalue weighted by Crippen LogP contribution is 2.43. The van der Waals surface area contributed by atoms with E-state index in [1.807, 2.05) is 36.4 Å². The lowest BCUT2D eigenvalue weighted by Crippen LogP contribution is -2.02. The van der Waals surface area contributed by atoms with Crippen molar-refractivity contribution >= 4 is 5.57 Å². The molecule has 0 unspecified atom stereocenters. The Morgan fingerprint density at radius 2 is 1.69 bits per heavy atom. The first kappa shape index (κ1) is 9.22. The van der Waals surface area contributed by atoms with Crippen LogP contribution in [0.2, 0.25) is 0 Å². The van der Waals surface area contributed by atoms with Crippen molar-refractivity contribution in [3.63, 3.8) is 0 Å². The lowest BCUT2D eigenvalue weighted by Gasteiger charge is -2.23. The first-order valence-electron chi connectivity index (χ1n) is 5.33. The molecule has 1 nitrogen and oxygen atoms in total. The fraction of sp³-hybridized carbons (Fsp3) is 0.0667. The standard InChI is InChI=1S/C15H12O/c1-10-6-5-9-14-15(10)11(2)12-7-3-4-8-13(12)16-14/h3-9H,2H2,1H3. The number of rotatable bonds is 0. The maximum atomic E-state index is 5.87. The van der Waals surface area contributed by atoms with E-state index in [-0.39, 0.29) is 0 Å². The monoisotopic (exact) mass is 208 g/mol. The molecule has 0 radical (unpaired) electrons. The summed E-state index contributed by atoms with van der Waals surface area (Å²) in [4.78, 5) is 0. The Hall–Kier alpha value is -2.02. The van der Waals surface area contributed by atoms with E-state index >= 15 is 0 Å². The molecule has 16 heavy (non-hydrogen) atoms. The maximum absolute atomic E-state index is 5.87. The Balaban J connectivity index is 2.27. The van der Waals surface area contributed by atoms with Gasteiger partial charge in [0.05, 0.1) is 0 Å². The lowest BCUT2D eigenvalue weighted by molar-refractivity contribution is 0.473. The summed E-state index contributed by atoms with van der Waals surface area (Å²) in [7, 11) is 0. The molecular weight excluding hydrogens is 196 g/mol. The molecule has 0 spiro atoms. The lowest BCUT2D eigenvalue weighted by atomic mass is 9.92. The molecule has 0 N–H and O–H groups in total. The van der Waals surface area contributed by atoms with Crippen molar-refractivity contribution in [1.29, 1.82) is 0 Å². The summed E-state index contributed by atoms with van der Waals surface area (Å²) < 4.78 is 5.87. The third-order valence-electron chi connectivity index (χ3n) is 2.97. The van der Waals surface area contributed by atoms with E-state index in [4.69, 9.17) is 4.74 Å². The molecule has 0 bridgehead atoms. The SMILES string of the molecule is C=C1c2ccccc2Oc2cccc(C)c21. The van der Waals surface area contributed by atoms with Crippen LogP contribution < -0.4 is 4.74 Å². The van der Waals surface area contributed by atoms with Gasteiger partial charge in [-0.05, 0) is 30.2 Å². The van der Waals surface area contributed by atoms with Gasteiger partial charge in [-0.2, -0.15) is 0 Å². The molecule has 1 heterocycles. The Morgan fingerprint density at radius 3 is 2.56 bits per heavy atom. The molecule has 2 aromatic carbocycles. The Bertz CT molecular complexity index is 582. The predicted molar refractivity (Wildman–Crippen MR) is 65.8 cm³/mol. The molecule has 0 saturated heterocycles. The molecule has 2 aromatic rings. The second-order valence-electron chi connectivity index (χ2n) is 4.02. The van der Waals surface area contributed by atoms with Crippen molar-refractivity contribution in [1.82, 2.24) is 0 Å². The van der Waals surface area contributed by atoms with Crippen molar-refractivity contribution in [3.8, 4) is 11.5 Å². The van der Waals surface area contributed by atoms with Gasteiger partial charge in [0.15, 0.2) is 0 Å². The van der Waals surface area contributed by atoms with Crippen LogP contribution >= 0.6 is 0 Å². The van der Waals surface area contributed by atoms with Crippen molar-refractivity contribution < 1.29 is 4.74 Å². The van der Waals surface area contributed by atoms with Crippen LogP contribution in [0.25, 0.3) is 5.57 Å². The van der Waals surface area contributed by atoms with E-state index in [1.54, 1.807) is 0 Å². The molecule has 0 saturated carbocycles. The molecule has 0 aliphatic carbocycles. The largest absolute Gasteiger partial charge is 0.456 e.